The Morgan fingerprint density at radius 3 is 2.78 bits per heavy atom. The standard InChI is InChI=1S/C13H18N2O2.ClH/c14-9-12-7-4-8-15(12)13(16)17-10-11-5-2-1-3-6-11;/h1-3,5-6,12H,4,7-10,14H2;1H/t12-;/m0./s1. The highest BCUT2D eigenvalue weighted by Gasteiger charge is 2.28. The molecule has 0 unspecified atom stereocenters. The van der Waals surface area contributed by atoms with E-state index in [0.717, 1.165) is 24.9 Å². The Kier molecular flexibility index (Phi) is 5.95. The third-order valence-electron chi connectivity index (χ3n) is 3.09. The van der Waals surface area contributed by atoms with Crippen molar-refractivity contribution in [3.63, 3.8) is 0 Å². The molecule has 1 amide bonds. The molecule has 0 aliphatic carbocycles. The molecule has 100 valence electrons. The van der Waals surface area contributed by atoms with E-state index in [0.29, 0.717) is 13.2 Å². The highest BCUT2D eigenvalue weighted by molar-refractivity contribution is 5.85. The van der Waals surface area contributed by atoms with Crippen LogP contribution in [0.15, 0.2) is 30.3 Å². The molecule has 1 atom stereocenters. The Balaban J connectivity index is 0.00000162. The van der Waals surface area contributed by atoms with Crippen molar-refractivity contribution in [1.29, 1.82) is 0 Å². The Hall–Kier alpha value is -1.26. The van der Waals surface area contributed by atoms with Crippen LogP contribution in [-0.2, 0) is 11.3 Å². The van der Waals surface area contributed by atoms with E-state index in [2.05, 4.69) is 0 Å². The predicted octanol–water partition coefficient (Wildman–Crippen LogP) is 2.17. The summed E-state index contributed by atoms with van der Waals surface area (Å²) in [4.78, 5) is 13.6. The molecule has 18 heavy (non-hydrogen) atoms. The molecule has 0 saturated carbocycles. The molecule has 0 spiro atoms. The average Bonchev–Trinajstić information content (AvgIpc) is 2.85. The molecule has 1 aliphatic rings. The lowest BCUT2D eigenvalue weighted by molar-refractivity contribution is 0.0931. The van der Waals surface area contributed by atoms with Crippen LogP contribution in [0.4, 0.5) is 4.79 Å². The zero-order chi connectivity index (χ0) is 12.1. The van der Waals surface area contributed by atoms with E-state index in [1.165, 1.54) is 0 Å². The molecular formula is C13H19ClN2O2. The normalized spacial score (nSPS) is 18.3. The molecule has 2 N–H and O–H groups in total. The lowest BCUT2D eigenvalue weighted by Gasteiger charge is -2.22. The number of nitrogens with two attached hydrogens (primary N) is 1. The molecule has 5 heteroatoms. The number of hydrogen-bond donors (Lipinski definition) is 1. The number of benzene rings is 1. The van der Waals surface area contributed by atoms with Crippen molar-refractivity contribution in [2.45, 2.75) is 25.5 Å². The van der Waals surface area contributed by atoms with Crippen molar-refractivity contribution in [3.8, 4) is 0 Å². The fraction of sp³-hybridized carbons (Fsp3) is 0.462. The van der Waals surface area contributed by atoms with Crippen LogP contribution >= 0.6 is 12.4 Å². The molecule has 1 fully saturated rings. The number of nitrogens with zero attached hydrogens (tertiary/aromatic N) is 1. The Bertz CT molecular complexity index is 373. The molecule has 1 aliphatic heterocycles. The van der Waals surface area contributed by atoms with Gasteiger partial charge in [-0.05, 0) is 18.4 Å². The van der Waals surface area contributed by atoms with Crippen molar-refractivity contribution >= 4 is 18.5 Å². The number of ether oxygens (including phenoxy) is 1. The largest absolute Gasteiger partial charge is 0.445 e. The Labute approximate surface area is 114 Å². The summed E-state index contributed by atoms with van der Waals surface area (Å²) in [6, 6.07) is 9.84. The second kappa shape index (κ2) is 7.24. The van der Waals surface area contributed by atoms with Gasteiger partial charge in [0.1, 0.15) is 6.61 Å². The maximum absolute atomic E-state index is 11.8. The molecule has 0 aromatic heterocycles. The first-order valence-corrected chi connectivity index (χ1v) is 5.98. The molecule has 2 rings (SSSR count). The van der Waals surface area contributed by atoms with Gasteiger partial charge in [-0.2, -0.15) is 0 Å². The Morgan fingerprint density at radius 2 is 2.11 bits per heavy atom. The summed E-state index contributed by atoms with van der Waals surface area (Å²) in [6.45, 7) is 1.60. The summed E-state index contributed by atoms with van der Waals surface area (Å²) in [5.41, 5.74) is 6.62. The van der Waals surface area contributed by atoms with Crippen LogP contribution in [0.2, 0.25) is 0 Å². The summed E-state index contributed by atoms with van der Waals surface area (Å²) in [7, 11) is 0. The van der Waals surface area contributed by atoms with Crippen LogP contribution in [0.25, 0.3) is 0 Å². The van der Waals surface area contributed by atoms with E-state index in [9.17, 15) is 4.79 Å². The maximum atomic E-state index is 11.8. The molecular weight excluding hydrogens is 252 g/mol. The fourth-order valence-corrected chi connectivity index (χ4v) is 2.12. The lowest BCUT2D eigenvalue weighted by Crippen LogP contribution is -2.40. The highest BCUT2D eigenvalue weighted by Crippen LogP contribution is 2.17. The van der Waals surface area contributed by atoms with Crippen LogP contribution in [0, 0.1) is 0 Å². The van der Waals surface area contributed by atoms with Crippen molar-refractivity contribution in [2.75, 3.05) is 13.1 Å². The third-order valence-corrected chi connectivity index (χ3v) is 3.09. The number of carbonyl (C=O) groups excluding carboxylic acids is 1. The number of hydrogen-bond acceptors (Lipinski definition) is 3. The number of rotatable bonds is 3. The van der Waals surface area contributed by atoms with E-state index in [4.69, 9.17) is 10.5 Å². The quantitative estimate of drug-likeness (QED) is 0.916. The van der Waals surface area contributed by atoms with Gasteiger partial charge in [0.15, 0.2) is 0 Å². The van der Waals surface area contributed by atoms with Crippen LogP contribution in [0.3, 0.4) is 0 Å². The molecule has 1 saturated heterocycles. The van der Waals surface area contributed by atoms with Crippen LogP contribution in [0.5, 0.6) is 0 Å². The minimum absolute atomic E-state index is 0. The predicted molar refractivity (Wildman–Crippen MR) is 72.7 cm³/mol. The van der Waals surface area contributed by atoms with E-state index in [1.54, 1.807) is 4.90 Å². The second-order valence-corrected chi connectivity index (χ2v) is 4.27. The van der Waals surface area contributed by atoms with Crippen LogP contribution in [-0.4, -0.2) is 30.1 Å². The summed E-state index contributed by atoms with van der Waals surface area (Å²) in [6.07, 6.45) is 1.75. The minimum atomic E-state index is -0.248. The van der Waals surface area contributed by atoms with E-state index >= 15 is 0 Å². The fourth-order valence-electron chi connectivity index (χ4n) is 2.12. The van der Waals surface area contributed by atoms with Crippen molar-refractivity contribution in [1.82, 2.24) is 4.90 Å². The maximum Gasteiger partial charge on any atom is 0.410 e. The summed E-state index contributed by atoms with van der Waals surface area (Å²) in [5.74, 6) is 0. The van der Waals surface area contributed by atoms with Gasteiger partial charge >= 0.3 is 6.09 Å². The number of amides is 1. The van der Waals surface area contributed by atoms with Gasteiger partial charge in [0.2, 0.25) is 0 Å². The van der Waals surface area contributed by atoms with E-state index < -0.39 is 0 Å². The molecule has 1 heterocycles. The van der Waals surface area contributed by atoms with Gasteiger partial charge in [0, 0.05) is 19.1 Å². The van der Waals surface area contributed by atoms with Gasteiger partial charge in [-0.25, -0.2) is 4.79 Å². The minimum Gasteiger partial charge on any atom is -0.445 e. The van der Waals surface area contributed by atoms with Gasteiger partial charge in [-0.1, -0.05) is 30.3 Å². The van der Waals surface area contributed by atoms with Crippen molar-refractivity contribution in [3.05, 3.63) is 35.9 Å². The van der Waals surface area contributed by atoms with Gasteiger partial charge in [0.25, 0.3) is 0 Å². The van der Waals surface area contributed by atoms with Crippen molar-refractivity contribution in [2.24, 2.45) is 5.73 Å². The number of carbonyl (C=O) groups is 1. The van der Waals surface area contributed by atoms with Crippen LogP contribution in [0.1, 0.15) is 18.4 Å². The lowest BCUT2D eigenvalue weighted by atomic mass is 10.2. The van der Waals surface area contributed by atoms with E-state index in [-0.39, 0.29) is 24.5 Å². The van der Waals surface area contributed by atoms with Gasteiger partial charge in [-0.3, -0.25) is 0 Å². The Morgan fingerprint density at radius 1 is 1.39 bits per heavy atom. The summed E-state index contributed by atoms with van der Waals surface area (Å²) < 4.78 is 5.28. The van der Waals surface area contributed by atoms with E-state index in [1.807, 2.05) is 30.3 Å². The smallest absolute Gasteiger partial charge is 0.410 e. The summed E-state index contributed by atoms with van der Waals surface area (Å²) >= 11 is 0. The molecule has 1 aromatic carbocycles. The molecule has 0 bridgehead atoms. The monoisotopic (exact) mass is 270 g/mol. The SMILES string of the molecule is Cl.NC[C@@H]1CCCN1C(=O)OCc1ccccc1. The number of halogens is 1. The topological polar surface area (TPSA) is 55.6 Å². The highest BCUT2D eigenvalue weighted by atomic mass is 35.5. The number of likely N-dealkylation sites (tertiary alicyclic amines) is 1. The van der Waals surface area contributed by atoms with Gasteiger partial charge < -0.3 is 15.4 Å². The van der Waals surface area contributed by atoms with Crippen LogP contribution < -0.4 is 5.73 Å². The molecule has 0 radical (unpaired) electrons. The molecule has 1 aromatic rings. The first-order valence-electron chi connectivity index (χ1n) is 5.98. The first-order chi connectivity index (χ1) is 8.31. The summed E-state index contributed by atoms with van der Waals surface area (Å²) in [5, 5.41) is 0. The molecule has 4 nitrogen and oxygen atoms in total. The zero-order valence-corrected chi connectivity index (χ0v) is 11.1. The second-order valence-electron chi connectivity index (χ2n) is 4.27. The van der Waals surface area contributed by atoms with Crippen molar-refractivity contribution < 1.29 is 9.53 Å². The zero-order valence-electron chi connectivity index (χ0n) is 10.2. The third kappa shape index (κ3) is 3.62. The average molecular weight is 271 g/mol. The first kappa shape index (κ1) is 14.8. The van der Waals surface area contributed by atoms with Gasteiger partial charge in [-0.15, -0.1) is 12.4 Å². The van der Waals surface area contributed by atoms with Gasteiger partial charge in [0.05, 0.1) is 0 Å².